The summed E-state index contributed by atoms with van der Waals surface area (Å²) in [5, 5.41) is 12.8. The van der Waals surface area contributed by atoms with Crippen molar-refractivity contribution in [1.82, 2.24) is 10.6 Å². The van der Waals surface area contributed by atoms with E-state index in [2.05, 4.69) is 0 Å². The Morgan fingerprint density at radius 2 is 1.71 bits per heavy atom. The monoisotopic (exact) mass is 368 g/mol. The normalized spacial score (nSPS) is 28.3. The van der Waals surface area contributed by atoms with E-state index in [0.29, 0.717) is 0 Å². The Morgan fingerprint density at radius 3 is 2.17 bits per heavy atom. The minimum atomic E-state index is -5.21. The lowest BCUT2D eigenvalue weighted by molar-refractivity contribution is -0.222. The smallest absolute Gasteiger partial charge is 0.388 e. The van der Waals surface area contributed by atoms with Crippen LogP contribution in [0.4, 0.5) is 26.3 Å². The van der Waals surface area contributed by atoms with E-state index in [0.717, 1.165) is 7.11 Å². The van der Waals surface area contributed by atoms with Gasteiger partial charge in [-0.05, 0) is 0 Å². The average molecular weight is 368 g/mol. The van der Waals surface area contributed by atoms with Crippen LogP contribution in [-0.4, -0.2) is 67.5 Å². The van der Waals surface area contributed by atoms with Crippen molar-refractivity contribution in [2.75, 3.05) is 13.7 Å². The van der Waals surface area contributed by atoms with Crippen LogP contribution in [0.15, 0.2) is 0 Å². The summed E-state index contributed by atoms with van der Waals surface area (Å²) in [4.78, 5) is 21.7. The van der Waals surface area contributed by atoms with E-state index in [-0.39, 0.29) is 6.42 Å². The lowest BCUT2D eigenvalue weighted by atomic mass is 9.98. The van der Waals surface area contributed by atoms with Crippen molar-refractivity contribution in [3.63, 3.8) is 0 Å². The van der Waals surface area contributed by atoms with Gasteiger partial charge in [-0.25, -0.2) is 0 Å². The van der Waals surface area contributed by atoms with Gasteiger partial charge in [0.2, 0.25) is 0 Å². The zero-order valence-corrected chi connectivity index (χ0v) is 12.1. The van der Waals surface area contributed by atoms with Crippen LogP contribution in [0.2, 0.25) is 0 Å². The molecule has 0 spiro atoms. The first kappa shape index (κ1) is 20.4. The van der Waals surface area contributed by atoms with Crippen molar-refractivity contribution < 1.29 is 50.5 Å². The molecule has 3 N–H and O–H groups in total. The highest BCUT2D eigenvalue weighted by atomic mass is 19.4. The van der Waals surface area contributed by atoms with Gasteiger partial charge in [0, 0.05) is 20.1 Å². The van der Waals surface area contributed by atoms with Gasteiger partial charge in [-0.3, -0.25) is 9.59 Å². The molecule has 1 aliphatic heterocycles. The molecule has 0 bridgehead atoms. The van der Waals surface area contributed by atoms with Crippen molar-refractivity contribution in [2.45, 2.75) is 43.3 Å². The van der Waals surface area contributed by atoms with Crippen LogP contribution in [0.3, 0.4) is 0 Å². The molecule has 24 heavy (non-hydrogen) atoms. The predicted molar refractivity (Wildman–Crippen MR) is 63.3 cm³/mol. The van der Waals surface area contributed by atoms with E-state index in [1.165, 1.54) is 10.6 Å². The second-order valence-corrected chi connectivity index (χ2v) is 4.85. The fourth-order valence-electron chi connectivity index (χ4n) is 1.95. The maximum absolute atomic E-state index is 12.3. The van der Waals surface area contributed by atoms with Crippen molar-refractivity contribution in [1.29, 1.82) is 0 Å². The van der Waals surface area contributed by atoms with Crippen molar-refractivity contribution in [3.05, 3.63) is 0 Å². The van der Waals surface area contributed by atoms with E-state index >= 15 is 0 Å². The van der Waals surface area contributed by atoms with E-state index < -0.39 is 55.3 Å². The first-order valence-corrected chi connectivity index (χ1v) is 6.45. The molecular formula is C11H14F6N2O5. The number of aliphatic hydroxyl groups excluding tert-OH is 1. The number of ether oxygens (including phenoxy) is 2. The van der Waals surface area contributed by atoms with Gasteiger partial charge in [0.1, 0.15) is 12.2 Å². The summed E-state index contributed by atoms with van der Waals surface area (Å²) in [6, 6.07) is -1.49. The van der Waals surface area contributed by atoms with Gasteiger partial charge in [-0.1, -0.05) is 0 Å². The van der Waals surface area contributed by atoms with E-state index in [4.69, 9.17) is 9.47 Å². The number of halogens is 6. The minimum absolute atomic E-state index is 0.372. The molecular weight excluding hydrogens is 354 g/mol. The molecule has 13 heteroatoms. The molecule has 140 valence electrons. The minimum Gasteiger partial charge on any atom is -0.388 e. The molecule has 2 amide bonds. The van der Waals surface area contributed by atoms with Crippen LogP contribution in [0.5, 0.6) is 0 Å². The van der Waals surface area contributed by atoms with Gasteiger partial charge in [0.05, 0.1) is 6.04 Å². The number of alkyl halides is 6. The molecule has 1 rings (SSSR count). The number of amides is 2. The maximum atomic E-state index is 12.3. The molecule has 0 aromatic heterocycles. The Labute approximate surface area is 131 Å². The summed E-state index contributed by atoms with van der Waals surface area (Å²) in [6.45, 7) is -0.849. The first-order valence-electron chi connectivity index (χ1n) is 6.45. The molecule has 0 radical (unpaired) electrons. The standard InChI is InChI=1S/C11H14F6N2O5/c1-23-6-2-4(19-9(22)11(15,16)17)7(20)5(24-6)3-18-8(21)10(12,13)14/h4-7,20H,2-3H2,1H3,(H,18,21)(H,19,22)/t4-,5+,6-,7+/m1/s1. The number of aliphatic hydroxyl groups is 1. The molecule has 0 aromatic carbocycles. The number of carbonyl (C=O) groups is 2. The zero-order valence-electron chi connectivity index (χ0n) is 12.1. The second-order valence-electron chi connectivity index (χ2n) is 4.85. The third-order valence-corrected chi connectivity index (χ3v) is 3.12. The molecule has 1 aliphatic rings. The van der Waals surface area contributed by atoms with Crippen LogP contribution in [0.1, 0.15) is 6.42 Å². The SMILES string of the molecule is CO[C@H]1C[C@@H](NC(=O)C(F)(F)F)[C@H](O)[C@H](CNC(=O)C(F)(F)F)O1. The maximum Gasteiger partial charge on any atom is 0.471 e. The predicted octanol–water partition coefficient (Wildman–Crippen LogP) is -0.166. The highest BCUT2D eigenvalue weighted by molar-refractivity contribution is 5.82. The first-order chi connectivity index (χ1) is 10.9. The third kappa shape index (κ3) is 5.49. The Balaban J connectivity index is 2.75. The largest absolute Gasteiger partial charge is 0.471 e. The van der Waals surface area contributed by atoms with Gasteiger partial charge in [-0.2, -0.15) is 26.3 Å². The highest BCUT2D eigenvalue weighted by Crippen LogP contribution is 2.23. The highest BCUT2D eigenvalue weighted by Gasteiger charge is 2.45. The van der Waals surface area contributed by atoms with Crippen molar-refractivity contribution in [3.8, 4) is 0 Å². The quantitative estimate of drug-likeness (QED) is 0.599. The molecule has 4 atom stereocenters. The summed E-state index contributed by atoms with van der Waals surface area (Å²) in [7, 11) is 1.11. The lowest BCUT2D eigenvalue weighted by Gasteiger charge is -2.39. The molecule has 0 aromatic rings. The van der Waals surface area contributed by atoms with E-state index in [1.54, 1.807) is 0 Å². The number of carbonyl (C=O) groups excluding carboxylic acids is 2. The van der Waals surface area contributed by atoms with Gasteiger partial charge in [0.25, 0.3) is 0 Å². The Bertz CT molecular complexity index is 469. The molecule has 0 unspecified atom stereocenters. The Morgan fingerprint density at radius 1 is 1.17 bits per heavy atom. The van der Waals surface area contributed by atoms with Crippen LogP contribution in [-0.2, 0) is 19.1 Å². The van der Waals surface area contributed by atoms with Crippen LogP contribution >= 0.6 is 0 Å². The van der Waals surface area contributed by atoms with Crippen LogP contribution in [0, 0.1) is 0 Å². The molecule has 0 aliphatic carbocycles. The van der Waals surface area contributed by atoms with Crippen LogP contribution < -0.4 is 10.6 Å². The second kappa shape index (κ2) is 7.53. The molecule has 1 saturated heterocycles. The topological polar surface area (TPSA) is 96.9 Å². The number of hydrogen-bond donors (Lipinski definition) is 3. The van der Waals surface area contributed by atoms with E-state index in [1.807, 2.05) is 0 Å². The fraction of sp³-hybridized carbons (Fsp3) is 0.818. The molecule has 7 nitrogen and oxygen atoms in total. The number of methoxy groups -OCH3 is 1. The summed E-state index contributed by atoms with van der Waals surface area (Å²) in [5.74, 6) is -4.64. The number of hydrogen-bond acceptors (Lipinski definition) is 5. The van der Waals surface area contributed by atoms with Gasteiger partial charge >= 0.3 is 24.2 Å². The summed E-state index contributed by atoms with van der Waals surface area (Å²) in [5.41, 5.74) is 0. The third-order valence-electron chi connectivity index (χ3n) is 3.12. The Kier molecular flexibility index (Phi) is 6.41. The fourth-order valence-corrected chi connectivity index (χ4v) is 1.95. The molecule has 1 heterocycles. The van der Waals surface area contributed by atoms with Gasteiger partial charge in [0.15, 0.2) is 6.29 Å². The summed E-state index contributed by atoms with van der Waals surface area (Å²) >= 11 is 0. The lowest BCUT2D eigenvalue weighted by Crippen LogP contribution is -2.60. The zero-order chi connectivity index (χ0) is 18.7. The van der Waals surface area contributed by atoms with Crippen LogP contribution in [0.25, 0.3) is 0 Å². The van der Waals surface area contributed by atoms with Crippen molar-refractivity contribution in [2.24, 2.45) is 0 Å². The molecule has 1 fully saturated rings. The van der Waals surface area contributed by atoms with Crippen molar-refractivity contribution >= 4 is 11.8 Å². The number of nitrogens with one attached hydrogen (secondary N) is 2. The number of rotatable bonds is 4. The van der Waals surface area contributed by atoms with Gasteiger partial charge < -0.3 is 25.2 Å². The summed E-state index contributed by atoms with van der Waals surface area (Å²) < 4.78 is 82.8. The summed E-state index contributed by atoms with van der Waals surface area (Å²) in [6.07, 6.45) is -15.3. The average Bonchev–Trinajstić information content (AvgIpc) is 2.45. The van der Waals surface area contributed by atoms with Gasteiger partial charge in [-0.15, -0.1) is 0 Å². The Hall–Kier alpha value is -1.60. The van der Waals surface area contributed by atoms with E-state index in [9.17, 15) is 41.0 Å². The molecule has 0 saturated carbocycles.